The van der Waals surface area contributed by atoms with Gasteiger partial charge in [0.25, 0.3) is 5.91 Å². The van der Waals surface area contributed by atoms with Crippen LogP contribution in [0.1, 0.15) is 12.5 Å². The van der Waals surface area contributed by atoms with Gasteiger partial charge in [0.2, 0.25) is 0 Å². The van der Waals surface area contributed by atoms with Crippen molar-refractivity contribution in [2.24, 2.45) is 0 Å². The van der Waals surface area contributed by atoms with E-state index in [1.807, 2.05) is 19.1 Å². The Labute approximate surface area is 144 Å². The minimum atomic E-state index is -0.406. The third-order valence-electron chi connectivity index (χ3n) is 2.70. The van der Waals surface area contributed by atoms with E-state index in [4.69, 9.17) is 4.74 Å². The van der Waals surface area contributed by atoms with Crippen molar-refractivity contribution in [2.75, 3.05) is 13.7 Å². The molecule has 1 aromatic carbocycles. The lowest BCUT2D eigenvalue weighted by atomic mass is 10.2. The molecule has 1 fully saturated rings. The maximum absolute atomic E-state index is 11.8. The van der Waals surface area contributed by atoms with Crippen molar-refractivity contribution in [3.8, 4) is 5.75 Å². The highest BCUT2D eigenvalue weighted by Crippen LogP contribution is 2.30. The number of imide groups is 1. The molecule has 1 N–H and O–H groups in total. The van der Waals surface area contributed by atoms with E-state index < -0.39 is 6.03 Å². The van der Waals surface area contributed by atoms with E-state index in [2.05, 4.69) is 50.5 Å². The summed E-state index contributed by atoms with van der Waals surface area (Å²) in [6.45, 7) is 2.54. The van der Waals surface area contributed by atoms with Crippen molar-refractivity contribution in [1.82, 2.24) is 10.2 Å². The summed E-state index contributed by atoms with van der Waals surface area (Å²) in [5.41, 5.74) is 1.13. The van der Waals surface area contributed by atoms with Gasteiger partial charge in [-0.2, -0.15) is 0 Å². The third-order valence-corrected chi connectivity index (χ3v) is 4.30. The average molecular weight is 498 g/mol. The van der Waals surface area contributed by atoms with Gasteiger partial charge in [0, 0.05) is 7.05 Å². The predicted octanol–water partition coefficient (Wildman–Crippen LogP) is 2.82. The van der Waals surface area contributed by atoms with Crippen molar-refractivity contribution in [3.05, 3.63) is 30.5 Å². The lowest BCUT2D eigenvalue weighted by molar-refractivity contribution is -0.121. The molecule has 7 heteroatoms. The van der Waals surface area contributed by atoms with E-state index in [0.29, 0.717) is 6.61 Å². The lowest BCUT2D eigenvalue weighted by Gasteiger charge is -2.09. The fourth-order valence-electron chi connectivity index (χ4n) is 1.73. The van der Waals surface area contributed by atoms with Crippen LogP contribution in [-0.4, -0.2) is 30.5 Å². The first-order valence-electron chi connectivity index (χ1n) is 5.86. The zero-order chi connectivity index (χ0) is 14.9. The van der Waals surface area contributed by atoms with Gasteiger partial charge in [-0.3, -0.25) is 9.69 Å². The minimum Gasteiger partial charge on any atom is -0.492 e. The number of amides is 3. The second kappa shape index (κ2) is 6.29. The van der Waals surface area contributed by atoms with Crippen molar-refractivity contribution in [3.63, 3.8) is 0 Å². The monoisotopic (exact) mass is 498 g/mol. The van der Waals surface area contributed by atoms with Crippen molar-refractivity contribution in [1.29, 1.82) is 0 Å². The van der Waals surface area contributed by atoms with Crippen molar-refractivity contribution in [2.45, 2.75) is 6.92 Å². The van der Waals surface area contributed by atoms with Gasteiger partial charge in [0.05, 0.1) is 13.7 Å². The number of benzene rings is 1. The molecule has 1 aliphatic heterocycles. The first-order valence-corrected chi connectivity index (χ1v) is 8.02. The van der Waals surface area contributed by atoms with Gasteiger partial charge in [0.1, 0.15) is 11.4 Å². The molecular formula is C13H12I2N2O3. The summed E-state index contributed by atoms with van der Waals surface area (Å²) in [5, 5.41) is 2.54. The number of nitrogens with zero attached hydrogens (tertiary/aromatic N) is 1. The van der Waals surface area contributed by atoms with Crippen LogP contribution in [0.5, 0.6) is 5.75 Å². The zero-order valence-corrected chi connectivity index (χ0v) is 15.2. The molecule has 1 heterocycles. The van der Waals surface area contributed by atoms with Gasteiger partial charge < -0.3 is 10.1 Å². The van der Waals surface area contributed by atoms with Crippen molar-refractivity contribution >= 4 is 63.2 Å². The van der Waals surface area contributed by atoms with Gasteiger partial charge in [-0.15, -0.1) is 0 Å². The van der Waals surface area contributed by atoms with Gasteiger partial charge in [-0.25, -0.2) is 4.79 Å². The van der Waals surface area contributed by atoms with Crippen LogP contribution >= 0.6 is 45.2 Å². The normalized spacial score (nSPS) is 16.8. The largest absolute Gasteiger partial charge is 0.492 e. The summed E-state index contributed by atoms with van der Waals surface area (Å²) in [7, 11) is 1.45. The fraction of sp³-hybridized carbons (Fsp3) is 0.231. The Morgan fingerprint density at radius 2 is 1.90 bits per heavy atom. The molecule has 0 spiro atoms. The summed E-state index contributed by atoms with van der Waals surface area (Å²) in [6, 6.07) is 3.42. The number of urea groups is 1. The Kier molecular flexibility index (Phi) is 4.89. The maximum atomic E-state index is 11.8. The highest BCUT2D eigenvalue weighted by molar-refractivity contribution is 14.1. The fourth-order valence-corrected chi connectivity index (χ4v) is 3.86. The van der Waals surface area contributed by atoms with Crippen LogP contribution in [0.25, 0.3) is 6.08 Å². The third kappa shape index (κ3) is 3.08. The number of carbonyl (C=O) groups is 2. The molecule has 0 radical (unpaired) electrons. The Bertz CT molecular complexity index is 591. The summed E-state index contributed by atoms with van der Waals surface area (Å²) in [6.07, 6.45) is 1.67. The molecule has 5 nitrogen and oxygen atoms in total. The molecule has 106 valence electrons. The summed E-state index contributed by atoms with van der Waals surface area (Å²) in [5.74, 6) is 0.517. The second-order valence-electron chi connectivity index (χ2n) is 4.10. The van der Waals surface area contributed by atoms with Gasteiger partial charge in [-0.1, -0.05) is 0 Å². The van der Waals surface area contributed by atoms with Crippen LogP contribution in [-0.2, 0) is 4.79 Å². The molecule has 0 aromatic heterocycles. The molecule has 3 amide bonds. The van der Waals surface area contributed by atoms with Crippen molar-refractivity contribution < 1.29 is 14.3 Å². The Morgan fingerprint density at radius 1 is 1.30 bits per heavy atom. The predicted molar refractivity (Wildman–Crippen MR) is 92.3 cm³/mol. The number of hydrogen-bond acceptors (Lipinski definition) is 3. The smallest absolute Gasteiger partial charge is 0.328 e. The Balaban J connectivity index is 2.36. The topological polar surface area (TPSA) is 58.6 Å². The number of nitrogens with one attached hydrogen (secondary N) is 1. The molecule has 0 unspecified atom stereocenters. The molecule has 2 rings (SSSR count). The van der Waals surface area contributed by atoms with Gasteiger partial charge in [0.15, 0.2) is 0 Å². The maximum Gasteiger partial charge on any atom is 0.328 e. The Hall–Kier alpha value is -0.840. The van der Waals surface area contributed by atoms with Crippen LogP contribution in [0.2, 0.25) is 0 Å². The first-order chi connectivity index (χ1) is 9.43. The van der Waals surface area contributed by atoms with Crippen LogP contribution in [0.15, 0.2) is 17.8 Å². The highest BCUT2D eigenvalue weighted by atomic mass is 127. The van der Waals surface area contributed by atoms with E-state index in [0.717, 1.165) is 23.4 Å². The number of carbonyl (C=O) groups excluding carboxylic acids is 2. The zero-order valence-electron chi connectivity index (χ0n) is 10.9. The number of hydrogen-bond donors (Lipinski definition) is 1. The molecule has 0 bridgehead atoms. The van der Waals surface area contributed by atoms with Crippen LogP contribution in [0, 0.1) is 7.14 Å². The molecule has 0 saturated carbocycles. The minimum absolute atomic E-state index is 0.285. The number of likely N-dealkylation sites (N-methyl/N-ethyl adjacent to an activating group) is 1. The van der Waals surface area contributed by atoms with Crippen LogP contribution in [0.4, 0.5) is 4.79 Å². The summed E-state index contributed by atoms with van der Waals surface area (Å²) in [4.78, 5) is 24.2. The van der Waals surface area contributed by atoms with E-state index in [1.54, 1.807) is 6.08 Å². The standard InChI is InChI=1S/C13H12I2N2O3/c1-3-20-11-8(14)4-7(5-9(11)15)6-10-12(18)17(2)13(19)16-10/h4-6H,3H2,1-2H3,(H,16,19)/b10-6+. The average Bonchev–Trinajstić information content (AvgIpc) is 2.62. The molecule has 1 aliphatic rings. The molecule has 0 aliphatic carbocycles. The molecule has 1 saturated heterocycles. The molecular weight excluding hydrogens is 486 g/mol. The summed E-state index contributed by atoms with van der Waals surface area (Å²) < 4.78 is 7.50. The molecule has 1 aromatic rings. The molecule has 20 heavy (non-hydrogen) atoms. The van der Waals surface area contributed by atoms with Crippen LogP contribution in [0.3, 0.4) is 0 Å². The quantitative estimate of drug-likeness (QED) is 0.397. The number of ether oxygens (including phenoxy) is 1. The van der Waals surface area contributed by atoms with Gasteiger partial charge >= 0.3 is 6.03 Å². The van der Waals surface area contributed by atoms with E-state index in [9.17, 15) is 9.59 Å². The van der Waals surface area contributed by atoms with E-state index in [1.165, 1.54) is 7.05 Å². The number of halogens is 2. The van der Waals surface area contributed by atoms with E-state index in [-0.39, 0.29) is 11.6 Å². The second-order valence-corrected chi connectivity index (χ2v) is 6.42. The highest BCUT2D eigenvalue weighted by Gasteiger charge is 2.30. The first kappa shape index (κ1) is 15.5. The summed E-state index contributed by atoms with van der Waals surface area (Å²) >= 11 is 4.39. The SMILES string of the molecule is CCOc1c(I)cc(/C=C2/NC(=O)N(C)C2=O)cc1I. The number of rotatable bonds is 3. The van der Waals surface area contributed by atoms with E-state index >= 15 is 0 Å². The van der Waals surface area contributed by atoms with Gasteiger partial charge in [-0.05, 0) is 75.9 Å². The van der Waals surface area contributed by atoms with Crippen LogP contribution < -0.4 is 10.1 Å². The molecule has 0 atom stereocenters. The Morgan fingerprint density at radius 3 is 2.35 bits per heavy atom. The lowest BCUT2D eigenvalue weighted by Crippen LogP contribution is -2.25.